The average molecular weight is 415 g/mol. The van der Waals surface area contributed by atoms with Crippen LogP contribution in [0.3, 0.4) is 0 Å². The van der Waals surface area contributed by atoms with E-state index in [1.54, 1.807) is 17.8 Å². The van der Waals surface area contributed by atoms with Crippen LogP contribution in [-0.2, 0) is 13.0 Å². The summed E-state index contributed by atoms with van der Waals surface area (Å²) in [5, 5.41) is 7.42. The van der Waals surface area contributed by atoms with E-state index in [1.165, 1.54) is 11.1 Å². The predicted octanol–water partition coefficient (Wildman–Crippen LogP) is 4.18. The molecule has 0 fully saturated rings. The van der Waals surface area contributed by atoms with Crippen molar-refractivity contribution in [3.63, 3.8) is 0 Å². The number of ether oxygens (including phenoxy) is 1. The quantitative estimate of drug-likeness (QED) is 0.514. The number of nitrogens with one attached hydrogen (secondary N) is 1. The number of aryl methyl sites for hydroxylation is 3. The van der Waals surface area contributed by atoms with E-state index in [4.69, 9.17) is 9.72 Å². The third-order valence-electron chi connectivity index (χ3n) is 5.67. The molecule has 6 heteroatoms. The fourth-order valence-electron chi connectivity index (χ4n) is 3.79. The second kappa shape index (κ2) is 8.60. The highest BCUT2D eigenvalue weighted by Gasteiger charge is 2.18. The molecule has 2 aromatic carbocycles. The van der Waals surface area contributed by atoms with Gasteiger partial charge in [0.1, 0.15) is 11.3 Å². The number of carbonyl (C=O) groups is 1. The van der Waals surface area contributed by atoms with Crippen LogP contribution in [0.25, 0.3) is 5.65 Å². The Balaban J connectivity index is 1.60. The van der Waals surface area contributed by atoms with Crippen molar-refractivity contribution in [1.29, 1.82) is 0 Å². The topological polar surface area (TPSA) is 68.5 Å². The van der Waals surface area contributed by atoms with Crippen molar-refractivity contribution in [2.45, 2.75) is 33.7 Å². The summed E-state index contributed by atoms with van der Waals surface area (Å²) < 4.78 is 7.01. The monoisotopic (exact) mass is 414 g/mol. The van der Waals surface area contributed by atoms with Gasteiger partial charge in [0, 0.05) is 24.4 Å². The Morgan fingerprint density at radius 2 is 1.90 bits per heavy atom. The fourth-order valence-corrected chi connectivity index (χ4v) is 3.79. The Morgan fingerprint density at radius 3 is 2.68 bits per heavy atom. The molecule has 158 valence electrons. The smallest absolute Gasteiger partial charge is 0.257 e. The van der Waals surface area contributed by atoms with Gasteiger partial charge in [0.2, 0.25) is 0 Å². The number of rotatable bonds is 6. The van der Waals surface area contributed by atoms with Crippen LogP contribution in [0.4, 0.5) is 0 Å². The van der Waals surface area contributed by atoms with Gasteiger partial charge in [-0.25, -0.2) is 9.50 Å². The first-order valence-corrected chi connectivity index (χ1v) is 10.3. The first kappa shape index (κ1) is 20.6. The number of amides is 1. The van der Waals surface area contributed by atoms with Crippen molar-refractivity contribution in [2.75, 3.05) is 7.11 Å². The highest BCUT2D eigenvalue weighted by Crippen LogP contribution is 2.22. The Morgan fingerprint density at radius 1 is 1.10 bits per heavy atom. The molecule has 0 bridgehead atoms. The number of methoxy groups -OCH3 is 1. The van der Waals surface area contributed by atoms with E-state index in [0.717, 1.165) is 34.7 Å². The first-order chi connectivity index (χ1) is 15.0. The minimum absolute atomic E-state index is 0.198. The second-order valence-electron chi connectivity index (χ2n) is 7.69. The van der Waals surface area contributed by atoms with Gasteiger partial charge in [0.15, 0.2) is 5.65 Å². The molecule has 0 aliphatic heterocycles. The number of aromatic nitrogens is 3. The number of fused-ring (bicyclic) bond motifs is 1. The Kier molecular flexibility index (Phi) is 5.71. The van der Waals surface area contributed by atoms with Crippen molar-refractivity contribution in [3.05, 3.63) is 93.9 Å². The molecule has 0 radical (unpaired) electrons. The molecule has 0 saturated carbocycles. The maximum Gasteiger partial charge on any atom is 0.257 e. The summed E-state index contributed by atoms with van der Waals surface area (Å²) in [7, 11) is 1.63. The highest BCUT2D eigenvalue weighted by molar-refractivity contribution is 5.99. The van der Waals surface area contributed by atoms with Gasteiger partial charge in [-0.2, -0.15) is 5.10 Å². The third kappa shape index (κ3) is 4.14. The van der Waals surface area contributed by atoms with E-state index in [2.05, 4.69) is 35.5 Å². The molecule has 31 heavy (non-hydrogen) atoms. The van der Waals surface area contributed by atoms with Crippen molar-refractivity contribution in [3.8, 4) is 5.75 Å². The summed E-state index contributed by atoms with van der Waals surface area (Å²) in [5.74, 6) is 0.563. The molecule has 0 atom stereocenters. The van der Waals surface area contributed by atoms with Gasteiger partial charge in [0.25, 0.3) is 5.91 Å². The maximum atomic E-state index is 12.9. The molecule has 1 N–H and O–H groups in total. The van der Waals surface area contributed by atoms with Crippen LogP contribution in [0.15, 0.2) is 54.7 Å². The molecule has 4 aromatic rings. The van der Waals surface area contributed by atoms with Crippen LogP contribution in [0.2, 0.25) is 0 Å². The van der Waals surface area contributed by atoms with Crippen LogP contribution in [0.1, 0.15) is 44.0 Å². The molecule has 0 saturated heterocycles. The van der Waals surface area contributed by atoms with E-state index < -0.39 is 0 Å². The maximum absolute atomic E-state index is 12.9. The first-order valence-electron chi connectivity index (χ1n) is 10.3. The van der Waals surface area contributed by atoms with Gasteiger partial charge in [-0.05, 0) is 55.2 Å². The molecule has 0 aliphatic carbocycles. The third-order valence-corrected chi connectivity index (χ3v) is 5.67. The molecule has 0 aliphatic rings. The lowest BCUT2D eigenvalue weighted by Gasteiger charge is -2.13. The zero-order chi connectivity index (χ0) is 22.0. The second-order valence-corrected chi connectivity index (χ2v) is 7.69. The Labute approximate surface area is 181 Å². The van der Waals surface area contributed by atoms with Crippen LogP contribution in [0.5, 0.6) is 5.75 Å². The number of benzene rings is 2. The Hall–Kier alpha value is -3.67. The molecule has 0 unspecified atom stereocenters. The fraction of sp³-hybridized carbons (Fsp3) is 0.240. The normalized spacial score (nSPS) is 11.0. The lowest BCUT2D eigenvalue weighted by molar-refractivity contribution is 0.0952. The van der Waals surface area contributed by atoms with Crippen molar-refractivity contribution in [1.82, 2.24) is 19.9 Å². The summed E-state index contributed by atoms with van der Waals surface area (Å²) in [4.78, 5) is 17.6. The van der Waals surface area contributed by atoms with Gasteiger partial charge >= 0.3 is 0 Å². The average Bonchev–Trinajstić information content (AvgIpc) is 3.20. The molecule has 0 spiro atoms. The molecular formula is C25H26N4O2. The zero-order valence-corrected chi connectivity index (χ0v) is 18.3. The van der Waals surface area contributed by atoms with Crippen LogP contribution < -0.4 is 10.1 Å². The summed E-state index contributed by atoms with van der Waals surface area (Å²) >= 11 is 0. The highest BCUT2D eigenvalue weighted by atomic mass is 16.5. The van der Waals surface area contributed by atoms with Gasteiger partial charge in [0.05, 0.1) is 13.3 Å². The number of carbonyl (C=O) groups excluding carboxylic acids is 1. The number of nitrogens with zero attached hydrogens (tertiary/aromatic N) is 3. The summed E-state index contributed by atoms with van der Waals surface area (Å²) in [6.07, 6.45) is 2.37. The zero-order valence-electron chi connectivity index (χ0n) is 18.3. The van der Waals surface area contributed by atoms with Gasteiger partial charge in [-0.15, -0.1) is 0 Å². The van der Waals surface area contributed by atoms with Crippen molar-refractivity contribution in [2.24, 2.45) is 0 Å². The van der Waals surface area contributed by atoms with E-state index >= 15 is 0 Å². The summed E-state index contributed by atoms with van der Waals surface area (Å²) in [5.41, 5.74) is 7.56. The van der Waals surface area contributed by atoms with Crippen molar-refractivity contribution < 1.29 is 9.53 Å². The number of hydrogen-bond acceptors (Lipinski definition) is 4. The lowest BCUT2D eigenvalue weighted by Crippen LogP contribution is -2.23. The summed E-state index contributed by atoms with van der Waals surface area (Å²) in [6, 6.07) is 16.0. The largest absolute Gasteiger partial charge is 0.497 e. The van der Waals surface area contributed by atoms with Gasteiger partial charge < -0.3 is 10.1 Å². The van der Waals surface area contributed by atoms with E-state index in [-0.39, 0.29) is 5.91 Å². The van der Waals surface area contributed by atoms with Gasteiger partial charge in [-0.1, -0.05) is 36.4 Å². The van der Waals surface area contributed by atoms with Crippen LogP contribution in [0, 0.1) is 20.8 Å². The summed E-state index contributed by atoms with van der Waals surface area (Å²) in [6.45, 7) is 6.53. The van der Waals surface area contributed by atoms with E-state index in [1.807, 2.05) is 44.2 Å². The van der Waals surface area contributed by atoms with Crippen LogP contribution in [-0.4, -0.2) is 27.6 Å². The van der Waals surface area contributed by atoms with E-state index in [0.29, 0.717) is 17.8 Å². The minimum atomic E-state index is -0.198. The van der Waals surface area contributed by atoms with Crippen LogP contribution >= 0.6 is 0 Å². The van der Waals surface area contributed by atoms with Crippen molar-refractivity contribution >= 4 is 11.6 Å². The molecule has 2 heterocycles. The SMILES string of the molecule is COc1cccc(CNC(=O)c2cnn3c(C)c(Cc4ccccc4C)c(C)nc23)c1. The predicted molar refractivity (Wildman–Crippen MR) is 121 cm³/mol. The lowest BCUT2D eigenvalue weighted by atomic mass is 9.99. The van der Waals surface area contributed by atoms with E-state index in [9.17, 15) is 4.79 Å². The molecule has 6 nitrogen and oxygen atoms in total. The number of hydrogen-bond donors (Lipinski definition) is 1. The minimum Gasteiger partial charge on any atom is -0.497 e. The molecular weight excluding hydrogens is 388 g/mol. The standard InChI is InChI=1S/C25H26N4O2/c1-16-8-5-6-10-20(16)13-22-17(2)28-24-23(15-27-29(24)18(22)3)25(30)26-14-19-9-7-11-21(12-19)31-4/h5-12,15H,13-14H2,1-4H3,(H,26,30). The molecule has 4 rings (SSSR count). The molecule has 1 amide bonds. The molecule has 2 aromatic heterocycles. The Bertz CT molecular complexity index is 1260. The van der Waals surface area contributed by atoms with Gasteiger partial charge in [-0.3, -0.25) is 4.79 Å².